The maximum atomic E-state index is 13.8. The van der Waals surface area contributed by atoms with Crippen molar-refractivity contribution in [3.63, 3.8) is 0 Å². The summed E-state index contributed by atoms with van der Waals surface area (Å²) in [5.41, 5.74) is 11.8. The van der Waals surface area contributed by atoms with Crippen molar-refractivity contribution in [3.8, 4) is 0 Å². The molecule has 1 atom stereocenters. The van der Waals surface area contributed by atoms with E-state index < -0.39 is 5.54 Å². The molecule has 1 aliphatic rings. The van der Waals surface area contributed by atoms with Crippen molar-refractivity contribution in [3.05, 3.63) is 29.6 Å². The molecule has 5 heteroatoms. The number of nitrogen functional groups attached to an aromatic ring is 1. The Morgan fingerprint density at radius 3 is 2.88 bits per heavy atom. The molecule has 0 saturated carbocycles. The van der Waals surface area contributed by atoms with Crippen molar-refractivity contribution in [1.82, 2.24) is 0 Å². The van der Waals surface area contributed by atoms with Crippen LogP contribution in [0, 0.1) is 5.82 Å². The molecule has 1 aliphatic heterocycles. The molecule has 0 spiro atoms. The van der Waals surface area contributed by atoms with Gasteiger partial charge in [-0.25, -0.2) is 4.39 Å². The van der Waals surface area contributed by atoms with Crippen molar-refractivity contribution in [1.29, 1.82) is 0 Å². The van der Waals surface area contributed by atoms with E-state index in [0.29, 0.717) is 28.6 Å². The third-order valence-corrected chi connectivity index (χ3v) is 3.86. The minimum Gasteiger partial charge on any atom is -0.399 e. The fourth-order valence-electron chi connectivity index (χ4n) is 1.83. The fraction of sp³-hybridized carbons (Fsp3) is 0.364. The minimum atomic E-state index is -0.605. The summed E-state index contributed by atoms with van der Waals surface area (Å²) < 4.78 is 13.8. The summed E-state index contributed by atoms with van der Waals surface area (Å²) in [6.07, 6.45) is 0. The van der Waals surface area contributed by atoms with Gasteiger partial charge in [-0.15, -0.1) is 0 Å². The predicted octanol–water partition coefficient (Wildman–Crippen LogP) is 1.73. The maximum absolute atomic E-state index is 13.8. The van der Waals surface area contributed by atoms with E-state index in [1.54, 1.807) is 23.9 Å². The van der Waals surface area contributed by atoms with E-state index in [4.69, 9.17) is 11.5 Å². The zero-order valence-corrected chi connectivity index (χ0v) is 9.85. The lowest BCUT2D eigenvalue weighted by Crippen LogP contribution is -2.33. The van der Waals surface area contributed by atoms with Gasteiger partial charge in [-0.3, -0.25) is 4.99 Å². The van der Waals surface area contributed by atoms with Crippen molar-refractivity contribution in [2.45, 2.75) is 12.5 Å². The first-order valence-corrected chi connectivity index (χ1v) is 6.14. The van der Waals surface area contributed by atoms with Crippen molar-refractivity contribution in [2.24, 2.45) is 10.7 Å². The molecule has 16 heavy (non-hydrogen) atoms. The van der Waals surface area contributed by atoms with Crippen LogP contribution in [0.15, 0.2) is 23.2 Å². The fourth-order valence-corrected chi connectivity index (χ4v) is 2.82. The molecule has 1 aromatic carbocycles. The average molecular weight is 239 g/mol. The highest BCUT2D eigenvalue weighted by atomic mass is 32.2. The van der Waals surface area contributed by atoms with Crippen molar-refractivity contribution < 1.29 is 4.39 Å². The van der Waals surface area contributed by atoms with Gasteiger partial charge in [-0.2, -0.15) is 11.8 Å². The second kappa shape index (κ2) is 3.97. The maximum Gasteiger partial charge on any atom is 0.129 e. The molecular weight excluding hydrogens is 225 g/mol. The van der Waals surface area contributed by atoms with E-state index in [9.17, 15) is 4.39 Å². The van der Waals surface area contributed by atoms with Crippen LogP contribution in [0.3, 0.4) is 0 Å². The molecule has 0 bridgehead atoms. The van der Waals surface area contributed by atoms with Crippen LogP contribution in [0.4, 0.5) is 10.1 Å². The van der Waals surface area contributed by atoms with E-state index in [1.165, 1.54) is 6.07 Å². The number of rotatable bonds is 1. The average Bonchev–Trinajstić information content (AvgIpc) is 2.21. The molecule has 0 amide bonds. The summed E-state index contributed by atoms with van der Waals surface area (Å²) in [6, 6.07) is 4.56. The lowest BCUT2D eigenvalue weighted by Gasteiger charge is -2.30. The molecule has 3 nitrogen and oxygen atoms in total. The summed E-state index contributed by atoms with van der Waals surface area (Å²) >= 11 is 1.66. The number of nitrogens with two attached hydrogens (primary N) is 2. The lowest BCUT2D eigenvalue weighted by atomic mass is 9.93. The van der Waals surface area contributed by atoms with Gasteiger partial charge in [0.15, 0.2) is 0 Å². The van der Waals surface area contributed by atoms with Crippen LogP contribution in [0.25, 0.3) is 0 Å². The Morgan fingerprint density at radius 1 is 1.44 bits per heavy atom. The topological polar surface area (TPSA) is 64.4 Å². The van der Waals surface area contributed by atoms with Gasteiger partial charge in [0.05, 0.1) is 11.3 Å². The number of hydrogen-bond donors (Lipinski definition) is 2. The molecule has 1 aromatic rings. The van der Waals surface area contributed by atoms with Crippen molar-refractivity contribution >= 4 is 23.3 Å². The van der Waals surface area contributed by atoms with Crippen LogP contribution in [-0.2, 0) is 5.54 Å². The second-order valence-electron chi connectivity index (χ2n) is 4.11. The Balaban J connectivity index is 2.50. The van der Waals surface area contributed by atoms with E-state index in [-0.39, 0.29) is 5.82 Å². The van der Waals surface area contributed by atoms with Crippen LogP contribution < -0.4 is 11.5 Å². The van der Waals surface area contributed by atoms with Gasteiger partial charge in [0.1, 0.15) is 11.7 Å². The third-order valence-electron chi connectivity index (χ3n) is 2.59. The van der Waals surface area contributed by atoms with Crippen LogP contribution in [0.5, 0.6) is 0 Å². The third kappa shape index (κ3) is 2.00. The van der Waals surface area contributed by atoms with Gasteiger partial charge in [-0.1, -0.05) is 0 Å². The molecule has 1 unspecified atom stereocenters. The van der Waals surface area contributed by atoms with Crippen molar-refractivity contribution in [2.75, 3.05) is 17.2 Å². The van der Waals surface area contributed by atoms with Gasteiger partial charge in [0, 0.05) is 17.0 Å². The minimum absolute atomic E-state index is 0.282. The standard InChI is InChI=1S/C11H14FN3S/c1-11(6-16-5-10(14)15-11)8-4-7(13)2-3-9(8)12/h2-4H,5-6,13H2,1H3,(H2,14,15). The van der Waals surface area contributed by atoms with Gasteiger partial charge < -0.3 is 11.5 Å². The van der Waals surface area contributed by atoms with Gasteiger partial charge in [0.2, 0.25) is 0 Å². The zero-order valence-electron chi connectivity index (χ0n) is 9.03. The summed E-state index contributed by atoms with van der Waals surface area (Å²) in [6.45, 7) is 1.88. The normalized spacial score (nSPS) is 25.2. The molecule has 0 saturated heterocycles. The smallest absolute Gasteiger partial charge is 0.129 e. The van der Waals surface area contributed by atoms with E-state index in [1.807, 2.05) is 6.92 Å². The lowest BCUT2D eigenvalue weighted by molar-refractivity contribution is 0.509. The van der Waals surface area contributed by atoms with Crippen LogP contribution in [0.1, 0.15) is 12.5 Å². The molecular formula is C11H14FN3S. The Kier molecular flexibility index (Phi) is 2.80. The molecule has 0 aromatic heterocycles. The molecule has 2 rings (SSSR count). The quantitative estimate of drug-likeness (QED) is 0.733. The first-order chi connectivity index (χ1) is 7.51. The van der Waals surface area contributed by atoms with Gasteiger partial charge >= 0.3 is 0 Å². The number of aliphatic imine (C=N–C) groups is 1. The number of hydrogen-bond acceptors (Lipinski definition) is 4. The summed E-state index contributed by atoms with van der Waals surface area (Å²) in [7, 11) is 0. The molecule has 86 valence electrons. The number of halogens is 1. The first kappa shape index (κ1) is 11.3. The Bertz CT molecular complexity index is 447. The highest BCUT2D eigenvalue weighted by Crippen LogP contribution is 2.35. The molecule has 0 fully saturated rings. The Morgan fingerprint density at radius 2 is 2.19 bits per heavy atom. The second-order valence-corrected chi connectivity index (χ2v) is 5.09. The highest BCUT2D eigenvalue weighted by molar-refractivity contribution is 8.00. The Hall–Kier alpha value is -1.23. The van der Waals surface area contributed by atoms with Gasteiger partial charge in [-0.05, 0) is 25.1 Å². The molecule has 4 N–H and O–H groups in total. The largest absolute Gasteiger partial charge is 0.399 e. The summed E-state index contributed by atoms with van der Waals surface area (Å²) in [5, 5.41) is 0. The summed E-state index contributed by atoms with van der Waals surface area (Å²) in [4.78, 5) is 4.36. The zero-order chi connectivity index (χ0) is 11.8. The SMILES string of the molecule is CC1(c2cc(N)ccc2F)CSCC(N)=N1. The Labute approximate surface area is 98.1 Å². The molecule has 0 radical (unpaired) electrons. The molecule has 0 aliphatic carbocycles. The molecule has 1 heterocycles. The van der Waals surface area contributed by atoms with Crippen LogP contribution in [0.2, 0.25) is 0 Å². The number of nitrogens with zero attached hydrogens (tertiary/aromatic N) is 1. The number of thioether (sulfide) groups is 1. The van der Waals surface area contributed by atoms with E-state index >= 15 is 0 Å². The first-order valence-electron chi connectivity index (χ1n) is 4.99. The predicted molar refractivity (Wildman–Crippen MR) is 67.1 cm³/mol. The van der Waals surface area contributed by atoms with Crippen LogP contribution >= 0.6 is 11.8 Å². The summed E-state index contributed by atoms with van der Waals surface area (Å²) in [5.74, 6) is 1.70. The number of anilines is 1. The van der Waals surface area contributed by atoms with E-state index in [2.05, 4.69) is 4.99 Å². The van der Waals surface area contributed by atoms with Crippen LogP contribution in [-0.4, -0.2) is 17.3 Å². The highest BCUT2D eigenvalue weighted by Gasteiger charge is 2.32. The van der Waals surface area contributed by atoms with E-state index in [0.717, 1.165) is 0 Å². The number of benzene rings is 1. The number of amidine groups is 1. The van der Waals surface area contributed by atoms with Gasteiger partial charge in [0.25, 0.3) is 0 Å². The monoisotopic (exact) mass is 239 g/mol.